The summed E-state index contributed by atoms with van der Waals surface area (Å²) in [5.41, 5.74) is 0.482. The molecule has 1 rings (SSSR count). The third-order valence-electron chi connectivity index (χ3n) is 2.38. The quantitative estimate of drug-likeness (QED) is 0.888. The number of carboxylic acid groups (broad SMARTS) is 1. The topological polar surface area (TPSA) is 84.3 Å². The maximum Gasteiger partial charge on any atom is 0.347 e. The first-order valence-electron chi connectivity index (χ1n) is 5.19. The molecule has 0 aliphatic carbocycles. The molecule has 1 aromatic rings. The summed E-state index contributed by atoms with van der Waals surface area (Å²) in [5.74, 6) is -1.04. The largest absolute Gasteiger partial charge is 0.477 e. The van der Waals surface area contributed by atoms with Gasteiger partial charge >= 0.3 is 5.97 Å². The van der Waals surface area contributed by atoms with Gasteiger partial charge < -0.3 is 5.11 Å². The molecule has 0 saturated carbocycles. The molecular formula is C10H15NO4S2. The van der Waals surface area contributed by atoms with Crippen LogP contribution in [-0.4, -0.2) is 30.7 Å². The summed E-state index contributed by atoms with van der Waals surface area (Å²) < 4.78 is 22.8. The van der Waals surface area contributed by atoms with Crippen molar-refractivity contribution >= 4 is 27.1 Å². The molecular weight excluding hydrogens is 262 g/mol. The molecule has 1 heterocycles. The van der Waals surface area contributed by atoms with Crippen molar-refractivity contribution in [2.45, 2.75) is 31.9 Å². The molecule has 0 bridgehead atoms. The van der Waals surface area contributed by atoms with Gasteiger partial charge in [-0.25, -0.2) is 18.2 Å². The van der Waals surface area contributed by atoms with Crippen molar-refractivity contribution in [2.24, 2.45) is 0 Å². The van der Waals surface area contributed by atoms with Crippen molar-refractivity contribution in [3.8, 4) is 0 Å². The Morgan fingerprint density at radius 2 is 2.12 bits per heavy atom. The van der Waals surface area contributed by atoms with Gasteiger partial charge in [-0.1, -0.05) is 13.3 Å². The minimum Gasteiger partial charge on any atom is -0.477 e. The first-order valence-corrected chi connectivity index (χ1v) is 7.96. The van der Waals surface area contributed by atoms with E-state index >= 15 is 0 Å². The normalized spacial score (nSPS) is 13.6. The first kappa shape index (κ1) is 14.1. The van der Waals surface area contributed by atoms with Crippen molar-refractivity contribution in [1.29, 1.82) is 0 Å². The molecule has 5 nitrogen and oxygen atoms in total. The van der Waals surface area contributed by atoms with Crippen molar-refractivity contribution in [3.05, 3.63) is 15.6 Å². The fourth-order valence-corrected chi connectivity index (χ4v) is 3.27. The van der Waals surface area contributed by atoms with Crippen molar-refractivity contribution < 1.29 is 18.3 Å². The first-order chi connectivity index (χ1) is 7.77. The molecule has 1 atom stereocenters. The number of thiazole rings is 1. The van der Waals surface area contributed by atoms with E-state index in [1.165, 1.54) is 6.92 Å². The molecule has 17 heavy (non-hydrogen) atoms. The average molecular weight is 277 g/mol. The van der Waals surface area contributed by atoms with E-state index in [4.69, 9.17) is 5.11 Å². The van der Waals surface area contributed by atoms with Crippen molar-refractivity contribution in [2.75, 3.05) is 6.26 Å². The lowest BCUT2D eigenvalue weighted by Gasteiger charge is -2.03. The highest BCUT2D eigenvalue weighted by atomic mass is 32.2. The lowest BCUT2D eigenvalue weighted by molar-refractivity contribution is 0.0700. The Morgan fingerprint density at radius 3 is 2.53 bits per heavy atom. The second-order valence-corrected chi connectivity index (χ2v) is 7.25. The maximum absolute atomic E-state index is 11.4. The summed E-state index contributed by atoms with van der Waals surface area (Å²) in [6, 6.07) is 0. The van der Waals surface area contributed by atoms with Gasteiger partial charge in [0.1, 0.15) is 15.1 Å². The van der Waals surface area contributed by atoms with Crippen LogP contribution in [0.4, 0.5) is 0 Å². The van der Waals surface area contributed by atoms with Gasteiger partial charge in [0.25, 0.3) is 0 Å². The number of aromatic carboxylic acids is 1. The number of rotatable bonds is 5. The lowest BCUT2D eigenvalue weighted by atomic mass is 10.2. The zero-order valence-electron chi connectivity index (χ0n) is 9.93. The Bertz CT molecular complexity index is 518. The molecule has 0 aliphatic rings. The number of carboxylic acids is 1. The van der Waals surface area contributed by atoms with Crippen LogP contribution >= 0.6 is 11.3 Å². The summed E-state index contributed by atoms with van der Waals surface area (Å²) in [6.07, 6.45) is 2.45. The maximum atomic E-state index is 11.4. The number of nitrogens with zero attached hydrogens (tertiary/aromatic N) is 1. The second-order valence-electron chi connectivity index (χ2n) is 3.85. The SMILES string of the molecule is CCCc1nc(C(C)S(C)(=O)=O)sc1C(=O)O. The zero-order valence-corrected chi connectivity index (χ0v) is 11.6. The van der Waals surface area contributed by atoms with Crippen LogP contribution in [0.1, 0.15) is 45.9 Å². The van der Waals surface area contributed by atoms with Gasteiger partial charge in [0.15, 0.2) is 9.84 Å². The predicted molar refractivity (Wildman–Crippen MR) is 66.3 cm³/mol. The molecule has 0 radical (unpaired) electrons. The van der Waals surface area contributed by atoms with E-state index in [1.54, 1.807) is 0 Å². The molecule has 1 aromatic heterocycles. The van der Waals surface area contributed by atoms with Crippen LogP contribution in [0.25, 0.3) is 0 Å². The van der Waals surface area contributed by atoms with E-state index in [2.05, 4.69) is 4.98 Å². The lowest BCUT2D eigenvalue weighted by Crippen LogP contribution is -2.07. The minimum absolute atomic E-state index is 0.150. The van der Waals surface area contributed by atoms with Gasteiger partial charge in [-0.2, -0.15) is 0 Å². The number of sulfone groups is 1. The summed E-state index contributed by atoms with van der Waals surface area (Å²) >= 11 is 0.953. The molecule has 7 heteroatoms. The van der Waals surface area contributed by atoms with E-state index in [1.807, 2.05) is 6.92 Å². The van der Waals surface area contributed by atoms with E-state index < -0.39 is 21.1 Å². The molecule has 0 saturated heterocycles. The molecule has 0 aromatic carbocycles. The molecule has 1 N–H and O–H groups in total. The van der Waals surface area contributed by atoms with Crippen molar-refractivity contribution in [3.63, 3.8) is 0 Å². The second kappa shape index (κ2) is 5.14. The standard InChI is InChI=1S/C10H15NO4S2/c1-4-5-7-8(10(12)13)16-9(11-7)6(2)17(3,14)15/h6H,4-5H2,1-3H3,(H,12,13). The van der Waals surface area contributed by atoms with Crippen LogP contribution in [0, 0.1) is 0 Å². The highest BCUT2D eigenvalue weighted by molar-refractivity contribution is 7.91. The Morgan fingerprint density at radius 1 is 1.53 bits per heavy atom. The summed E-state index contributed by atoms with van der Waals surface area (Å²) in [5, 5.41) is 8.61. The highest BCUT2D eigenvalue weighted by Crippen LogP contribution is 2.29. The monoisotopic (exact) mass is 277 g/mol. The van der Waals surface area contributed by atoms with Gasteiger partial charge in [-0.05, 0) is 13.3 Å². The number of hydrogen-bond acceptors (Lipinski definition) is 5. The minimum atomic E-state index is -3.24. The molecule has 0 aliphatic heterocycles. The van der Waals surface area contributed by atoms with Gasteiger partial charge in [0, 0.05) is 6.26 Å². The van der Waals surface area contributed by atoms with Crippen LogP contribution in [0.2, 0.25) is 0 Å². The fraction of sp³-hybridized carbons (Fsp3) is 0.600. The van der Waals surface area contributed by atoms with E-state index in [0.29, 0.717) is 17.1 Å². The van der Waals surface area contributed by atoms with Crippen LogP contribution in [0.3, 0.4) is 0 Å². The Labute approximate surface area is 104 Å². The van der Waals surface area contributed by atoms with Crippen LogP contribution in [0.15, 0.2) is 0 Å². The van der Waals surface area contributed by atoms with Crippen molar-refractivity contribution in [1.82, 2.24) is 4.98 Å². The fourth-order valence-electron chi connectivity index (χ4n) is 1.30. The summed E-state index contributed by atoms with van der Waals surface area (Å²) in [4.78, 5) is 15.3. The Kier molecular flexibility index (Phi) is 4.26. The summed E-state index contributed by atoms with van der Waals surface area (Å²) in [6.45, 7) is 3.44. The molecule has 0 amide bonds. The van der Waals surface area contributed by atoms with Crippen LogP contribution in [0.5, 0.6) is 0 Å². The highest BCUT2D eigenvalue weighted by Gasteiger charge is 2.25. The molecule has 0 spiro atoms. The Hall–Kier alpha value is -0.950. The zero-order chi connectivity index (χ0) is 13.2. The summed E-state index contributed by atoms with van der Waals surface area (Å²) in [7, 11) is -3.24. The number of aromatic nitrogens is 1. The van der Waals surface area contributed by atoms with E-state index in [0.717, 1.165) is 24.0 Å². The third kappa shape index (κ3) is 3.26. The number of hydrogen-bond donors (Lipinski definition) is 1. The van der Waals surface area contributed by atoms with Gasteiger partial charge in [-0.15, -0.1) is 11.3 Å². The number of carbonyl (C=O) groups is 1. The van der Waals surface area contributed by atoms with Crippen LogP contribution in [-0.2, 0) is 16.3 Å². The smallest absolute Gasteiger partial charge is 0.347 e. The molecule has 96 valence electrons. The predicted octanol–water partition coefficient (Wildman–Crippen LogP) is 1.90. The number of aryl methyl sites for hydroxylation is 1. The molecule has 1 unspecified atom stereocenters. The Balaban J connectivity index is 3.20. The molecule has 0 fully saturated rings. The third-order valence-corrected chi connectivity index (χ3v) is 5.31. The average Bonchev–Trinajstić information content (AvgIpc) is 2.60. The van der Waals surface area contributed by atoms with Crippen LogP contribution < -0.4 is 0 Å². The van der Waals surface area contributed by atoms with E-state index in [-0.39, 0.29) is 4.88 Å². The van der Waals surface area contributed by atoms with Gasteiger partial charge in [-0.3, -0.25) is 0 Å². The van der Waals surface area contributed by atoms with Gasteiger partial charge in [0.05, 0.1) is 5.69 Å². The van der Waals surface area contributed by atoms with Gasteiger partial charge in [0.2, 0.25) is 0 Å². The van der Waals surface area contributed by atoms with E-state index in [9.17, 15) is 13.2 Å².